The molecule has 1 aromatic rings. The summed E-state index contributed by atoms with van der Waals surface area (Å²) in [5.41, 5.74) is 5.85. The zero-order chi connectivity index (χ0) is 13.8. The van der Waals surface area contributed by atoms with Crippen molar-refractivity contribution in [1.29, 1.82) is 0 Å². The van der Waals surface area contributed by atoms with Crippen LogP contribution in [0.1, 0.15) is 56.6 Å². The van der Waals surface area contributed by atoms with Gasteiger partial charge in [0.25, 0.3) is 0 Å². The van der Waals surface area contributed by atoms with E-state index in [0.717, 1.165) is 30.3 Å². The van der Waals surface area contributed by atoms with E-state index in [9.17, 15) is 0 Å². The summed E-state index contributed by atoms with van der Waals surface area (Å²) < 4.78 is 5.95. The molecular weight excluding hydrogens is 240 g/mol. The monoisotopic (exact) mass is 266 g/mol. The molecule has 108 valence electrons. The Bertz CT molecular complexity index is 391. The van der Waals surface area contributed by atoms with Crippen molar-refractivity contribution in [3.05, 3.63) is 23.7 Å². The first kappa shape index (κ1) is 14.6. The van der Waals surface area contributed by atoms with E-state index < -0.39 is 0 Å². The molecular formula is C15H26N2O2. The second-order valence-electron chi connectivity index (χ2n) is 5.63. The van der Waals surface area contributed by atoms with E-state index in [4.69, 9.17) is 15.3 Å². The van der Waals surface area contributed by atoms with Crippen LogP contribution in [-0.4, -0.2) is 24.3 Å². The Labute approximate surface area is 115 Å². The minimum Gasteiger partial charge on any atom is -0.464 e. The van der Waals surface area contributed by atoms with Gasteiger partial charge in [0.05, 0.1) is 6.04 Å². The summed E-state index contributed by atoms with van der Waals surface area (Å²) in [5, 5.41) is 12.5. The fourth-order valence-electron chi connectivity index (χ4n) is 2.59. The van der Waals surface area contributed by atoms with Gasteiger partial charge < -0.3 is 20.6 Å². The molecule has 1 aromatic heterocycles. The fraction of sp³-hybridized carbons (Fsp3) is 0.733. The largest absolute Gasteiger partial charge is 0.464 e. The zero-order valence-electron chi connectivity index (χ0n) is 11.9. The molecule has 0 aliphatic heterocycles. The second kappa shape index (κ2) is 6.55. The van der Waals surface area contributed by atoms with Crippen LogP contribution in [0.2, 0.25) is 0 Å². The third-order valence-corrected chi connectivity index (χ3v) is 4.11. The van der Waals surface area contributed by atoms with Gasteiger partial charge in [0.1, 0.15) is 11.5 Å². The lowest BCUT2D eigenvalue weighted by Gasteiger charge is -2.22. The van der Waals surface area contributed by atoms with E-state index in [2.05, 4.69) is 25.2 Å². The predicted octanol–water partition coefficient (Wildman–Crippen LogP) is 2.15. The van der Waals surface area contributed by atoms with E-state index in [1.807, 2.05) is 6.07 Å². The van der Waals surface area contributed by atoms with Gasteiger partial charge in [-0.05, 0) is 37.3 Å². The lowest BCUT2D eigenvalue weighted by molar-refractivity contribution is 0.250. The summed E-state index contributed by atoms with van der Waals surface area (Å²) >= 11 is 0. The first-order chi connectivity index (χ1) is 9.19. The lowest BCUT2D eigenvalue weighted by atomic mass is 10.1. The Morgan fingerprint density at radius 3 is 2.79 bits per heavy atom. The number of aliphatic hydroxyl groups excluding tert-OH is 1. The van der Waals surface area contributed by atoms with E-state index in [0.29, 0.717) is 12.5 Å². The van der Waals surface area contributed by atoms with Crippen LogP contribution in [0.5, 0.6) is 0 Å². The van der Waals surface area contributed by atoms with E-state index in [-0.39, 0.29) is 18.7 Å². The van der Waals surface area contributed by atoms with Gasteiger partial charge in [-0.15, -0.1) is 0 Å². The number of hydrogen-bond acceptors (Lipinski definition) is 4. The molecule has 2 rings (SSSR count). The number of hydrogen-bond donors (Lipinski definition) is 3. The third-order valence-electron chi connectivity index (χ3n) is 4.11. The highest BCUT2D eigenvalue weighted by Gasteiger charge is 2.37. The van der Waals surface area contributed by atoms with Crippen LogP contribution in [0.15, 0.2) is 16.5 Å². The van der Waals surface area contributed by atoms with Crippen LogP contribution >= 0.6 is 0 Å². The summed E-state index contributed by atoms with van der Waals surface area (Å²) in [7, 11) is 0. The Morgan fingerprint density at radius 2 is 2.26 bits per heavy atom. The van der Waals surface area contributed by atoms with Crippen molar-refractivity contribution in [2.45, 2.75) is 51.1 Å². The molecule has 4 atom stereocenters. The van der Waals surface area contributed by atoms with Crippen LogP contribution in [0, 0.1) is 5.92 Å². The molecule has 19 heavy (non-hydrogen) atoms. The minimum atomic E-state index is 0.0410. The highest BCUT2D eigenvalue weighted by Crippen LogP contribution is 2.47. The lowest BCUT2D eigenvalue weighted by Crippen LogP contribution is -2.36. The molecule has 0 aromatic carbocycles. The van der Waals surface area contributed by atoms with Crippen molar-refractivity contribution < 1.29 is 9.52 Å². The van der Waals surface area contributed by atoms with Crippen molar-refractivity contribution in [3.8, 4) is 0 Å². The first-order valence-corrected chi connectivity index (χ1v) is 7.36. The Balaban J connectivity index is 1.98. The second-order valence-corrected chi connectivity index (χ2v) is 5.63. The van der Waals surface area contributed by atoms with E-state index >= 15 is 0 Å². The molecule has 0 bridgehead atoms. The normalized spacial score (nSPS) is 25.3. The van der Waals surface area contributed by atoms with Crippen molar-refractivity contribution >= 4 is 0 Å². The van der Waals surface area contributed by atoms with Gasteiger partial charge in [0.15, 0.2) is 0 Å². The molecule has 4 nitrogen and oxygen atoms in total. The molecule has 0 radical (unpaired) electrons. The molecule has 1 fully saturated rings. The van der Waals surface area contributed by atoms with Gasteiger partial charge in [-0.3, -0.25) is 0 Å². The summed E-state index contributed by atoms with van der Waals surface area (Å²) in [5.74, 6) is 3.37. The smallest absolute Gasteiger partial charge is 0.122 e. The zero-order valence-corrected chi connectivity index (χ0v) is 11.9. The van der Waals surface area contributed by atoms with Crippen LogP contribution in [0.3, 0.4) is 0 Å². The number of furan rings is 1. The highest BCUT2D eigenvalue weighted by atomic mass is 16.3. The highest BCUT2D eigenvalue weighted by molar-refractivity contribution is 5.19. The maximum Gasteiger partial charge on any atom is 0.122 e. The summed E-state index contributed by atoms with van der Waals surface area (Å²) in [4.78, 5) is 0. The van der Waals surface area contributed by atoms with Crippen LogP contribution in [0.4, 0.5) is 0 Å². The van der Waals surface area contributed by atoms with E-state index in [1.54, 1.807) is 0 Å². The average Bonchev–Trinajstić information content (AvgIpc) is 2.95. The topological polar surface area (TPSA) is 71.4 Å². The fourth-order valence-corrected chi connectivity index (χ4v) is 2.59. The van der Waals surface area contributed by atoms with Gasteiger partial charge in [-0.2, -0.15) is 0 Å². The first-order valence-electron chi connectivity index (χ1n) is 7.36. The van der Waals surface area contributed by atoms with Gasteiger partial charge in [-0.1, -0.05) is 13.8 Å². The quantitative estimate of drug-likeness (QED) is 0.674. The summed E-state index contributed by atoms with van der Waals surface area (Å²) in [6, 6.07) is 4.45. The Kier molecular flexibility index (Phi) is 5.02. The maximum absolute atomic E-state index is 9.04. The molecule has 1 aliphatic carbocycles. The van der Waals surface area contributed by atoms with Gasteiger partial charge >= 0.3 is 0 Å². The van der Waals surface area contributed by atoms with Crippen molar-refractivity contribution in [2.75, 3.05) is 13.2 Å². The molecule has 4 unspecified atom stereocenters. The van der Waals surface area contributed by atoms with Crippen LogP contribution < -0.4 is 11.1 Å². The molecule has 4 heteroatoms. The number of nitrogens with two attached hydrogens (primary N) is 1. The molecule has 1 aliphatic rings. The Hall–Kier alpha value is -0.840. The number of rotatable bonds is 8. The molecule has 0 spiro atoms. The SMILES string of the molecule is CCC(CCO)NC(CN)c1ccc(C2CC2C)o1. The van der Waals surface area contributed by atoms with Crippen molar-refractivity contribution in [3.63, 3.8) is 0 Å². The number of aliphatic hydroxyl groups is 1. The standard InChI is InChI=1S/C15H26N2O2/c1-3-11(6-7-18)17-13(9-16)15-5-4-14(19-15)12-8-10(12)2/h4-5,10-13,17-18H,3,6-9,16H2,1-2H3. The van der Waals surface area contributed by atoms with Crippen molar-refractivity contribution in [2.24, 2.45) is 11.7 Å². The molecule has 0 amide bonds. The predicted molar refractivity (Wildman–Crippen MR) is 75.9 cm³/mol. The van der Waals surface area contributed by atoms with Gasteiger partial charge in [-0.25, -0.2) is 0 Å². The molecule has 4 N–H and O–H groups in total. The van der Waals surface area contributed by atoms with Crippen LogP contribution in [0.25, 0.3) is 0 Å². The average molecular weight is 266 g/mol. The molecule has 1 saturated carbocycles. The third kappa shape index (κ3) is 3.59. The van der Waals surface area contributed by atoms with Crippen molar-refractivity contribution in [1.82, 2.24) is 5.32 Å². The molecule has 0 saturated heterocycles. The van der Waals surface area contributed by atoms with Gasteiger partial charge in [0.2, 0.25) is 0 Å². The number of nitrogens with one attached hydrogen (secondary N) is 1. The summed E-state index contributed by atoms with van der Waals surface area (Å²) in [6.45, 7) is 5.07. The molecule has 1 heterocycles. The van der Waals surface area contributed by atoms with Gasteiger partial charge in [0, 0.05) is 25.1 Å². The van der Waals surface area contributed by atoms with E-state index in [1.165, 1.54) is 6.42 Å². The summed E-state index contributed by atoms with van der Waals surface area (Å²) in [6.07, 6.45) is 2.96. The minimum absolute atomic E-state index is 0.0410. The maximum atomic E-state index is 9.04. The van der Waals surface area contributed by atoms with Crippen LogP contribution in [-0.2, 0) is 0 Å². The Morgan fingerprint density at radius 1 is 1.53 bits per heavy atom.